The summed E-state index contributed by atoms with van der Waals surface area (Å²) in [6.07, 6.45) is 2.10. The molecule has 7 nitrogen and oxygen atoms in total. The smallest absolute Gasteiger partial charge is 0.259 e. The number of amides is 2. The van der Waals surface area contributed by atoms with Crippen LogP contribution in [0.5, 0.6) is 0 Å². The fourth-order valence-corrected chi connectivity index (χ4v) is 4.83. The van der Waals surface area contributed by atoms with Crippen molar-refractivity contribution in [2.75, 3.05) is 0 Å². The Morgan fingerprint density at radius 1 is 1.12 bits per heavy atom. The number of amidine groups is 2. The van der Waals surface area contributed by atoms with Crippen LogP contribution in [-0.4, -0.2) is 33.8 Å². The first-order valence-corrected chi connectivity index (χ1v) is 12.1. The molecule has 1 atom stereocenters. The molecule has 1 N–H and O–H groups in total. The van der Waals surface area contributed by atoms with Crippen LogP contribution in [0.25, 0.3) is 0 Å². The lowest BCUT2D eigenvalue weighted by Crippen LogP contribution is -2.41. The fourth-order valence-electron chi connectivity index (χ4n) is 3.87. The maximum Gasteiger partial charge on any atom is 0.259 e. The maximum absolute atomic E-state index is 13.3. The number of benzene rings is 2. The Morgan fingerprint density at radius 3 is 2.74 bits per heavy atom. The molecule has 0 radical (unpaired) electrons. The zero-order valence-corrected chi connectivity index (χ0v) is 19.5. The van der Waals surface area contributed by atoms with Gasteiger partial charge in [0.1, 0.15) is 17.6 Å². The average Bonchev–Trinajstić information content (AvgIpc) is 3.49. The summed E-state index contributed by atoms with van der Waals surface area (Å²) in [5.41, 5.74) is 4.00. The van der Waals surface area contributed by atoms with Gasteiger partial charge in [-0.25, -0.2) is 9.89 Å². The van der Waals surface area contributed by atoms with E-state index in [2.05, 4.69) is 36.5 Å². The molecule has 5 rings (SSSR count). The Morgan fingerprint density at radius 2 is 1.94 bits per heavy atom. The number of thioether (sulfide) groups is 1. The molecule has 8 heteroatoms. The first kappa shape index (κ1) is 22.2. The number of fused-ring (bicyclic) bond motifs is 3. The minimum absolute atomic E-state index is 0.140. The molecular weight excluding hydrogens is 448 g/mol. The Balaban J connectivity index is 1.29. The Bertz CT molecular complexity index is 1270. The molecule has 3 aromatic rings. The quantitative estimate of drug-likeness (QED) is 0.545. The first-order valence-electron chi connectivity index (χ1n) is 11.2. The minimum Gasteiger partial charge on any atom is -0.467 e. The van der Waals surface area contributed by atoms with Gasteiger partial charge < -0.3 is 9.73 Å². The lowest BCUT2D eigenvalue weighted by molar-refractivity contribution is -0.125. The fraction of sp³-hybridized carbons (Fsp3) is 0.231. The molecule has 1 aromatic heterocycles. The number of furan rings is 1. The number of hydrogen-bond donors (Lipinski definition) is 1. The highest BCUT2D eigenvalue weighted by atomic mass is 32.2. The summed E-state index contributed by atoms with van der Waals surface area (Å²) in [7, 11) is 0. The molecule has 2 aromatic carbocycles. The first-order chi connectivity index (χ1) is 16.6. The largest absolute Gasteiger partial charge is 0.467 e. The maximum atomic E-state index is 13.3. The SMILES string of the molecule is Cc1ccc(CSC2=Nc3ccccc3C3=N[C@@H](CCC(=O)NCc4ccco4)C(=O)N23)cc1. The number of nitrogens with one attached hydrogen (secondary N) is 1. The van der Waals surface area contributed by atoms with E-state index in [0.29, 0.717) is 35.5 Å². The summed E-state index contributed by atoms with van der Waals surface area (Å²) in [5, 5.41) is 3.44. The summed E-state index contributed by atoms with van der Waals surface area (Å²) in [5.74, 6) is 1.71. The van der Waals surface area contributed by atoms with E-state index in [1.54, 1.807) is 23.3 Å². The summed E-state index contributed by atoms with van der Waals surface area (Å²) in [6.45, 7) is 2.38. The van der Waals surface area contributed by atoms with E-state index in [0.717, 1.165) is 16.8 Å². The predicted molar refractivity (Wildman–Crippen MR) is 133 cm³/mol. The van der Waals surface area contributed by atoms with Crippen molar-refractivity contribution in [3.05, 3.63) is 89.4 Å². The van der Waals surface area contributed by atoms with E-state index in [9.17, 15) is 9.59 Å². The number of carbonyl (C=O) groups is 2. The number of carbonyl (C=O) groups excluding carboxylic acids is 2. The molecule has 0 bridgehead atoms. The third-order valence-electron chi connectivity index (χ3n) is 5.72. The number of hydrogen-bond acceptors (Lipinski definition) is 6. The van der Waals surface area contributed by atoms with Crippen molar-refractivity contribution in [1.29, 1.82) is 0 Å². The zero-order chi connectivity index (χ0) is 23.5. The van der Waals surface area contributed by atoms with Gasteiger partial charge in [-0.3, -0.25) is 14.6 Å². The van der Waals surface area contributed by atoms with Crippen molar-refractivity contribution in [2.24, 2.45) is 9.98 Å². The molecule has 0 saturated carbocycles. The second-order valence-corrected chi connectivity index (χ2v) is 9.17. The van der Waals surface area contributed by atoms with Crippen molar-refractivity contribution in [2.45, 2.75) is 38.1 Å². The van der Waals surface area contributed by atoms with Gasteiger partial charge in [-0.05, 0) is 43.2 Å². The van der Waals surface area contributed by atoms with E-state index >= 15 is 0 Å². The molecule has 0 spiro atoms. The summed E-state index contributed by atoms with van der Waals surface area (Å²) < 4.78 is 5.24. The molecule has 2 aliphatic heterocycles. The van der Waals surface area contributed by atoms with E-state index in [1.165, 1.54) is 17.3 Å². The van der Waals surface area contributed by atoms with Crippen molar-refractivity contribution in [3.63, 3.8) is 0 Å². The number of rotatable bonds is 7. The van der Waals surface area contributed by atoms with Crippen molar-refractivity contribution >= 4 is 40.3 Å². The highest BCUT2D eigenvalue weighted by Crippen LogP contribution is 2.35. The summed E-state index contributed by atoms with van der Waals surface area (Å²) >= 11 is 1.52. The van der Waals surface area contributed by atoms with Crippen molar-refractivity contribution < 1.29 is 14.0 Å². The molecule has 34 heavy (non-hydrogen) atoms. The second kappa shape index (κ2) is 9.69. The molecule has 2 aliphatic rings. The molecule has 0 fully saturated rings. The van der Waals surface area contributed by atoms with Crippen molar-refractivity contribution in [3.8, 4) is 0 Å². The zero-order valence-electron chi connectivity index (χ0n) is 18.7. The molecule has 0 saturated heterocycles. The van der Waals surface area contributed by atoms with Crippen LogP contribution in [0.2, 0.25) is 0 Å². The van der Waals surface area contributed by atoms with Gasteiger partial charge in [0.2, 0.25) is 5.91 Å². The van der Waals surface area contributed by atoms with Crippen LogP contribution >= 0.6 is 11.8 Å². The van der Waals surface area contributed by atoms with Gasteiger partial charge in [0.25, 0.3) is 5.91 Å². The van der Waals surface area contributed by atoms with Gasteiger partial charge in [-0.1, -0.05) is 53.7 Å². The number of aliphatic imine (C=N–C) groups is 2. The Labute approximate surface area is 202 Å². The standard InChI is InChI=1S/C26H24N4O3S/c1-17-8-10-18(11-9-17)16-34-26-29-21-7-3-2-6-20(21)24-28-22(25(32)30(24)26)12-13-23(31)27-15-19-5-4-14-33-19/h2-11,14,22H,12-13,15-16H2,1H3,(H,27,31)/t22-/m0/s1. The molecule has 172 valence electrons. The normalized spacial score (nSPS) is 16.6. The summed E-state index contributed by atoms with van der Waals surface area (Å²) in [4.78, 5) is 36.8. The molecule has 0 aliphatic carbocycles. The average molecular weight is 473 g/mol. The van der Waals surface area contributed by atoms with Gasteiger partial charge >= 0.3 is 0 Å². The lowest BCUT2D eigenvalue weighted by atomic mass is 10.1. The number of para-hydroxylation sites is 1. The third kappa shape index (κ3) is 4.68. The Kier molecular flexibility index (Phi) is 6.31. The van der Waals surface area contributed by atoms with Crippen LogP contribution in [0.1, 0.15) is 35.3 Å². The van der Waals surface area contributed by atoms with E-state index in [4.69, 9.17) is 14.4 Å². The van der Waals surface area contributed by atoms with Crippen molar-refractivity contribution in [1.82, 2.24) is 10.2 Å². The van der Waals surface area contributed by atoms with Gasteiger partial charge in [-0.2, -0.15) is 0 Å². The van der Waals surface area contributed by atoms with Crippen LogP contribution in [0.3, 0.4) is 0 Å². The minimum atomic E-state index is -0.610. The van der Waals surface area contributed by atoms with Gasteiger partial charge in [0, 0.05) is 17.7 Å². The van der Waals surface area contributed by atoms with Gasteiger partial charge in [0.05, 0.1) is 18.5 Å². The number of aryl methyl sites for hydroxylation is 1. The highest BCUT2D eigenvalue weighted by molar-refractivity contribution is 8.13. The van der Waals surface area contributed by atoms with Gasteiger partial charge in [0.15, 0.2) is 5.17 Å². The van der Waals surface area contributed by atoms with E-state index < -0.39 is 6.04 Å². The topological polar surface area (TPSA) is 87.3 Å². The lowest BCUT2D eigenvalue weighted by Gasteiger charge is -2.25. The van der Waals surface area contributed by atoms with E-state index in [-0.39, 0.29) is 18.2 Å². The second-order valence-electron chi connectivity index (χ2n) is 8.22. The monoisotopic (exact) mass is 472 g/mol. The van der Waals surface area contributed by atoms with Crippen LogP contribution in [0.15, 0.2) is 81.3 Å². The molecule has 2 amide bonds. The third-order valence-corrected chi connectivity index (χ3v) is 6.73. The van der Waals surface area contributed by atoms with Gasteiger partial charge in [-0.15, -0.1) is 0 Å². The highest BCUT2D eigenvalue weighted by Gasteiger charge is 2.41. The van der Waals surface area contributed by atoms with Crippen LogP contribution in [-0.2, 0) is 21.9 Å². The number of nitrogens with zero attached hydrogens (tertiary/aromatic N) is 3. The Hall–Kier alpha value is -3.65. The molecule has 0 unspecified atom stereocenters. The van der Waals surface area contributed by atoms with Crippen LogP contribution < -0.4 is 5.32 Å². The molecular formula is C26H24N4O3S. The predicted octanol–water partition coefficient (Wildman–Crippen LogP) is 4.58. The molecule has 3 heterocycles. The van der Waals surface area contributed by atoms with Crippen LogP contribution in [0.4, 0.5) is 5.69 Å². The van der Waals surface area contributed by atoms with E-state index in [1.807, 2.05) is 24.3 Å². The summed E-state index contributed by atoms with van der Waals surface area (Å²) in [6, 6.07) is 19.0. The van der Waals surface area contributed by atoms with Crippen LogP contribution in [0, 0.1) is 6.92 Å².